The van der Waals surface area contributed by atoms with E-state index in [1.54, 1.807) is 24.6 Å². The van der Waals surface area contributed by atoms with Gasteiger partial charge in [0.15, 0.2) is 0 Å². The zero-order valence-corrected chi connectivity index (χ0v) is 14.7. The molecule has 1 N–H and O–H groups in total. The normalized spacial score (nSPS) is 22.3. The number of nitrogens with one attached hydrogen (secondary N) is 1. The lowest BCUT2D eigenvalue weighted by molar-refractivity contribution is -0.138. The summed E-state index contributed by atoms with van der Waals surface area (Å²) in [7, 11) is 0. The highest BCUT2D eigenvalue weighted by molar-refractivity contribution is 5.92. The van der Waals surface area contributed by atoms with Crippen molar-refractivity contribution >= 4 is 11.8 Å². The highest BCUT2D eigenvalue weighted by atomic mass is 16.5. The number of ether oxygens (including phenoxy) is 1. The maximum absolute atomic E-state index is 12.7. The number of nitrogens with zero attached hydrogens (tertiary/aromatic N) is 3. The quantitative estimate of drug-likeness (QED) is 0.891. The van der Waals surface area contributed by atoms with Crippen molar-refractivity contribution in [2.24, 2.45) is 5.92 Å². The highest BCUT2D eigenvalue weighted by Crippen LogP contribution is 2.28. The van der Waals surface area contributed by atoms with Crippen LogP contribution in [0.25, 0.3) is 0 Å². The van der Waals surface area contributed by atoms with E-state index >= 15 is 0 Å². The highest BCUT2D eigenvalue weighted by Gasteiger charge is 2.35. The lowest BCUT2D eigenvalue weighted by atomic mass is 10.1. The van der Waals surface area contributed by atoms with Crippen LogP contribution in [0.5, 0.6) is 0 Å². The van der Waals surface area contributed by atoms with Gasteiger partial charge in [0.1, 0.15) is 17.3 Å². The summed E-state index contributed by atoms with van der Waals surface area (Å²) in [5.74, 6) is 1.23. The summed E-state index contributed by atoms with van der Waals surface area (Å²) in [6, 6.07) is 3.42. The molecule has 1 fully saturated rings. The summed E-state index contributed by atoms with van der Waals surface area (Å²) in [5, 5.41) is 2.80. The van der Waals surface area contributed by atoms with E-state index in [4.69, 9.17) is 9.15 Å². The standard InChI is InChI=1S/C18H22N4O4/c1-12-16-20-15(17(23)19-9-14-3-2-7-26-14)10-21(16)5-6-22(12)18(24)13-4-8-25-11-13/h2-3,7,10,12-13H,4-6,8-9,11H2,1H3,(H,19,23). The van der Waals surface area contributed by atoms with Gasteiger partial charge in [0.05, 0.1) is 31.4 Å². The number of carbonyl (C=O) groups excluding carboxylic acids is 2. The SMILES string of the molecule is CC1c2nc(C(=O)NCc3ccco3)cn2CCN1C(=O)C1CCOC1. The largest absolute Gasteiger partial charge is 0.467 e. The first-order valence-corrected chi connectivity index (χ1v) is 8.89. The van der Waals surface area contributed by atoms with Crippen molar-refractivity contribution in [3.05, 3.63) is 41.9 Å². The van der Waals surface area contributed by atoms with Crippen molar-refractivity contribution < 1.29 is 18.7 Å². The van der Waals surface area contributed by atoms with Crippen LogP contribution in [-0.2, 0) is 22.6 Å². The molecule has 2 aromatic rings. The first kappa shape index (κ1) is 16.8. The van der Waals surface area contributed by atoms with Crippen molar-refractivity contribution in [1.82, 2.24) is 19.8 Å². The van der Waals surface area contributed by atoms with Crippen LogP contribution in [0.4, 0.5) is 0 Å². The van der Waals surface area contributed by atoms with Crippen molar-refractivity contribution in [3.8, 4) is 0 Å². The maximum atomic E-state index is 12.7. The van der Waals surface area contributed by atoms with Gasteiger partial charge in [0.2, 0.25) is 5.91 Å². The Bertz CT molecular complexity index is 792. The van der Waals surface area contributed by atoms with E-state index < -0.39 is 0 Å². The molecule has 26 heavy (non-hydrogen) atoms. The molecular formula is C18H22N4O4. The van der Waals surface area contributed by atoms with E-state index in [2.05, 4.69) is 10.3 Å². The molecule has 0 radical (unpaired) electrons. The number of fused-ring (bicyclic) bond motifs is 1. The van der Waals surface area contributed by atoms with Crippen LogP contribution in [-0.4, -0.2) is 46.0 Å². The molecule has 2 amide bonds. The molecule has 0 aliphatic carbocycles. The second-order valence-electron chi connectivity index (χ2n) is 6.71. The number of amides is 2. The van der Waals surface area contributed by atoms with E-state index in [1.807, 2.05) is 16.4 Å². The van der Waals surface area contributed by atoms with Gasteiger partial charge in [-0.05, 0) is 25.5 Å². The average molecular weight is 358 g/mol. The van der Waals surface area contributed by atoms with Gasteiger partial charge in [0, 0.05) is 25.9 Å². The first-order valence-electron chi connectivity index (χ1n) is 8.89. The molecule has 1 saturated heterocycles. The Kier molecular flexibility index (Phi) is 4.50. The lowest BCUT2D eigenvalue weighted by Gasteiger charge is -2.35. The lowest BCUT2D eigenvalue weighted by Crippen LogP contribution is -2.44. The zero-order chi connectivity index (χ0) is 18.1. The Morgan fingerprint density at radius 1 is 1.38 bits per heavy atom. The molecule has 8 heteroatoms. The third kappa shape index (κ3) is 3.12. The van der Waals surface area contributed by atoms with E-state index in [9.17, 15) is 9.59 Å². The molecule has 2 aliphatic rings. The molecule has 0 bridgehead atoms. The number of rotatable bonds is 4. The van der Waals surface area contributed by atoms with Crippen molar-refractivity contribution in [3.63, 3.8) is 0 Å². The van der Waals surface area contributed by atoms with Gasteiger partial charge in [-0.15, -0.1) is 0 Å². The molecule has 0 aromatic carbocycles. The van der Waals surface area contributed by atoms with Crippen LogP contribution in [0.1, 0.15) is 41.5 Å². The molecule has 0 saturated carbocycles. The minimum Gasteiger partial charge on any atom is -0.467 e. The Morgan fingerprint density at radius 3 is 3.00 bits per heavy atom. The monoisotopic (exact) mass is 358 g/mol. The Balaban J connectivity index is 1.45. The minimum atomic E-state index is -0.252. The summed E-state index contributed by atoms with van der Waals surface area (Å²) in [5.41, 5.74) is 0.358. The van der Waals surface area contributed by atoms with E-state index in [0.717, 1.165) is 12.2 Å². The van der Waals surface area contributed by atoms with Crippen LogP contribution < -0.4 is 5.32 Å². The number of hydrogen-bond donors (Lipinski definition) is 1. The van der Waals surface area contributed by atoms with Crippen LogP contribution >= 0.6 is 0 Å². The predicted molar refractivity (Wildman–Crippen MR) is 91.2 cm³/mol. The number of carbonyl (C=O) groups is 2. The van der Waals surface area contributed by atoms with Crippen molar-refractivity contribution in [2.75, 3.05) is 19.8 Å². The van der Waals surface area contributed by atoms with Gasteiger partial charge in [-0.25, -0.2) is 4.98 Å². The summed E-state index contributed by atoms with van der Waals surface area (Å²) in [6.45, 7) is 4.67. The average Bonchev–Trinajstić information content (AvgIpc) is 3.40. The van der Waals surface area contributed by atoms with Crippen molar-refractivity contribution in [1.29, 1.82) is 0 Å². The molecule has 138 valence electrons. The smallest absolute Gasteiger partial charge is 0.271 e. The number of imidazole rings is 1. The van der Waals surface area contributed by atoms with Crippen LogP contribution in [0.2, 0.25) is 0 Å². The van der Waals surface area contributed by atoms with Gasteiger partial charge >= 0.3 is 0 Å². The predicted octanol–water partition coefficient (Wildman–Crippen LogP) is 1.35. The summed E-state index contributed by atoms with van der Waals surface area (Å²) in [6.07, 6.45) is 4.10. The topological polar surface area (TPSA) is 89.6 Å². The Labute approximate surface area is 151 Å². The fourth-order valence-corrected chi connectivity index (χ4v) is 3.54. The van der Waals surface area contributed by atoms with Gasteiger partial charge in [-0.3, -0.25) is 9.59 Å². The van der Waals surface area contributed by atoms with E-state index in [-0.39, 0.29) is 23.8 Å². The summed E-state index contributed by atoms with van der Waals surface area (Å²) >= 11 is 0. The fraction of sp³-hybridized carbons (Fsp3) is 0.500. The third-order valence-corrected chi connectivity index (χ3v) is 5.03. The van der Waals surface area contributed by atoms with E-state index in [1.165, 1.54) is 0 Å². The summed E-state index contributed by atoms with van der Waals surface area (Å²) < 4.78 is 12.5. The maximum Gasteiger partial charge on any atom is 0.271 e. The van der Waals surface area contributed by atoms with Crippen molar-refractivity contribution in [2.45, 2.75) is 32.5 Å². The second kappa shape index (κ2) is 6.95. The van der Waals surface area contributed by atoms with Crippen LogP contribution in [0.15, 0.2) is 29.0 Å². The number of aromatic nitrogens is 2. The Hall–Kier alpha value is -2.61. The molecule has 4 rings (SSSR count). The van der Waals surface area contributed by atoms with Gasteiger partial charge in [-0.2, -0.15) is 0 Å². The molecule has 0 spiro atoms. The number of hydrogen-bond acceptors (Lipinski definition) is 5. The molecule has 8 nitrogen and oxygen atoms in total. The number of furan rings is 1. The first-order chi connectivity index (χ1) is 12.6. The van der Waals surface area contributed by atoms with E-state index in [0.29, 0.717) is 44.3 Å². The Morgan fingerprint density at radius 2 is 2.27 bits per heavy atom. The molecule has 2 aromatic heterocycles. The minimum absolute atomic E-state index is 0.0602. The van der Waals surface area contributed by atoms with Gasteiger partial charge in [0.25, 0.3) is 5.91 Å². The fourth-order valence-electron chi connectivity index (χ4n) is 3.54. The zero-order valence-electron chi connectivity index (χ0n) is 14.7. The van der Waals surface area contributed by atoms with Crippen LogP contribution in [0.3, 0.4) is 0 Å². The van der Waals surface area contributed by atoms with Crippen LogP contribution in [0, 0.1) is 5.92 Å². The molecular weight excluding hydrogens is 336 g/mol. The molecule has 2 aliphatic heterocycles. The van der Waals surface area contributed by atoms with Gasteiger partial charge in [-0.1, -0.05) is 0 Å². The molecule has 2 atom stereocenters. The summed E-state index contributed by atoms with van der Waals surface area (Å²) in [4.78, 5) is 31.4. The molecule has 4 heterocycles. The molecule has 2 unspecified atom stereocenters. The second-order valence-corrected chi connectivity index (χ2v) is 6.71. The van der Waals surface area contributed by atoms with Gasteiger partial charge < -0.3 is 23.9 Å². The third-order valence-electron chi connectivity index (χ3n) is 5.03.